The fraction of sp³-hybridized carbons (Fsp3) is 0.211. The third-order valence-corrected chi connectivity index (χ3v) is 4.28. The smallest absolute Gasteiger partial charge is 0.240 e. The summed E-state index contributed by atoms with van der Waals surface area (Å²) in [7, 11) is 0. The summed E-state index contributed by atoms with van der Waals surface area (Å²) in [5.41, 5.74) is 5.71. The molecule has 2 rings (SSSR count). The summed E-state index contributed by atoms with van der Waals surface area (Å²) in [6.07, 6.45) is 1.45. The highest BCUT2D eigenvalue weighted by atomic mass is 35.5. The van der Waals surface area contributed by atoms with Crippen LogP contribution in [0.2, 0.25) is 10.0 Å². The summed E-state index contributed by atoms with van der Waals surface area (Å²) in [6, 6.07) is 10.8. The van der Waals surface area contributed by atoms with Crippen LogP contribution in [0.4, 0.5) is 5.69 Å². The van der Waals surface area contributed by atoms with E-state index < -0.39 is 0 Å². The van der Waals surface area contributed by atoms with Gasteiger partial charge in [-0.2, -0.15) is 5.10 Å². The molecule has 0 radical (unpaired) electrons. The minimum atomic E-state index is -0.375. The van der Waals surface area contributed by atoms with Gasteiger partial charge in [0.25, 0.3) is 0 Å². The number of anilines is 1. The zero-order chi connectivity index (χ0) is 19.1. The molecule has 0 saturated carbocycles. The second kappa shape index (κ2) is 9.36. The molecule has 2 aromatic rings. The maximum atomic E-state index is 12.0. The van der Waals surface area contributed by atoms with Crippen molar-refractivity contribution in [3.8, 4) is 0 Å². The largest absolute Gasteiger partial charge is 0.326 e. The van der Waals surface area contributed by atoms with Crippen LogP contribution < -0.4 is 10.7 Å². The molecule has 0 aromatic heterocycles. The standard InChI is InChI=1S/C19H19Cl2N3O2/c1-12-6-7-17(13(2)10-12)23-18(25)8-9-19(26)24-22-11-14-15(20)4-3-5-16(14)21/h3-7,10-11H,8-9H2,1-2H3,(H,23,25)(H,24,26)/b22-11+. The Morgan fingerprint density at radius 3 is 2.35 bits per heavy atom. The van der Waals surface area contributed by atoms with E-state index >= 15 is 0 Å². The van der Waals surface area contributed by atoms with E-state index in [-0.39, 0.29) is 24.7 Å². The van der Waals surface area contributed by atoms with Crippen molar-refractivity contribution in [1.29, 1.82) is 0 Å². The van der Waals surface area contributed by atoms with Crippen molar-refractivity contribution in [3.63, 3.8) is 0 Å². The number of aryl methyl sites for hydroxylation is 2. The first-order valence-corrected chi connectivity index (χ1v) is 8.75. The zero-order valence-corrected chi connectivity index (χ0v) is 16.0. The summed E-state index contributed by atoms with van der Waals surface area (Å²) in [4.78, 5) is 23.8. The van der Waals surface area contributed by atoms with Crippen molar-refractivity contribution in [1.82, 2.24) is 5.43 Å². The van der Waals surface area contributed by atoms with E-state index in [0.29, 0.717) is 15.6 Å². The molecule has 0 saturated heterocycles. The Morgan fingerprint density at radius 1 is 1.04 bits per heavy atom. The third kappa shape index (κ3) is 5.86. The number of carbonyl (C=O) groups is 2. The molecule has 0 atom stereocenters. The van der Waals surface area contributed by atoms with Gasteiger partial charge in [0, 0.05) is 24.1 Å². The fourth-order valence-corrected chi connectivity index (χ4v) is 2.75. The molecular weight excluding hydrogens is 373 g/mol. The number of amides is 2. The van der Waals surface area contributed by atoms with E-state index in [4.69, 9.17) is 23.2 Å². The van der Waals surface area contributed by atoms with Gasteiger partial charge in [-0.3, -0.25) is 9.59 Å². The minimum Gasteiger partial charge on any atom is -0.326 e. The van der Waals surface area contributed by atoms with Gasteiger partial charge in [0.1, 0.15) is 0 Å². The molecule has 0 fully saturated rings. The Morgan fingerprint density at radius 2 is 1.69 bits per heavy atom. The second-order valence-electron chi connectivity index (χ2n) is 5.80. The van der Waals surface area contributed by atoms with Gasteiger partial charge < -0.3 is 5.32 Å². The Hall–Kier alpha value is -2.37. The summed E-state index contributed by atoms with van der Waals surface area (Å²) < 4.78 is 0. The third-order valence-electron chi connectivity index (χ3n) is 3.62. The van der Waals surface area contributed by atoms with Gasteiger partial charge in [0.15, 0.2) is 0 Å². The monoisotopic (exact) mass is 391 g/mol. The number of hydrazone groups is 1. The van der Waals surface area contributed by atoms with Crippen molar-refractivity contribution in [2.75, 3.05) is 5.32 Å². The molecule has 2 aromatic carbocycles. The Kier molecular flexibility index (Phi) is 7.18. The van der Waals surface area contributed by atoms with E-state index in [1.165, 1.54) is 6.21 Å². The van der Waals surface area contributed by atoms with Crippen LogP contribution in [-0.2, 0) is 9.59 Å². The van der Waals surface area contributed by atoms with Gasteiger partial charge in [-0.25, -0.2) is 5.43 Å². The van der Waals surface area contributed by atoms with Gasteiger partial charge in [-0.05, 0) is 37.6 Å². The Balaban J connectivity index is 1.81. The summed E-state index contributed by atoms with van der Waals surface area (Å²) >= 11 is 12.0. The highest BCUT2D eigenvalue weighted by molar-refractivity contribution is 6.38. The molecule has 0 aliphatic carbocycles. The van der Waals surface area contributed by atoms with Crippen LogP contribution in [0.1, 0.15) is 29.5 Å². The van der Waals surface area contributed by atoms with Gasteiger partial charge >= 0.3 is 0 Å². The molecule has 0 spiro atoms. The normalized spacial score (nSPS) is 10.8. The summed E-state index contributed by atoms with van der Waals surface area (Å²) in [6.45, 7) is 3.91. The molecular formula is C19H19Cl2N3O2. The van der Waals surface area contributed by atoms with Crippen LogP contribution >= 0.6 is 23.2 Å². The maximum Gasteiger partial charge on any atom is 0.240 e. The SMILES string of the molecule is Cc1ccc(NC(=O)CCC(=O)N/N=C/c2c(Cl)cccc2Cl)c(C)c1. The van der Waals surface area contributed by atoms with E-state index in [1.54, 1.807) is 18.2 Å². The number of hydrogen-bond acceptors (Lipinski definition) is 3. The van der Waals surface area contributed by atoms with Crippen LogP contribution in [-0.4, -0.2) is 18.0 Å². The quantitative estimate of drug-likeness (QED) is 0.562. The lowest BCUT2D eigenvalue weighted by Gasteiger charge is -2.08. The Bertz CT molecular complexity index is 830. The number of carbonyl (C=O) groups excluding carboxylic acids is 2. The van der Waals surface area contributed by atoms with Gasteiger partial charge in [0.2, 0.25) is 11.8 Å². The van der Waals surface area contributed by atoms with Gasteiger partial charge in [0.05, 0.1) is 16.3 Å². The summed E-state index contributed by atoms with van der Waals surface area (Å²) in [5.74, 6) is -0.606. The first-order valence-electron chi connectivity index (χ1n) is 8.00. The van der Waals surface area contributed by atoms with Gasteiger partial charge in [-0.15, -0.1) is 0 Å². The fourth-order valence-electron chi connectivity index (χ4n) is 2.25. The number of nitrogens with zero attached hydrogens (tertiary/aromatic N) is 1. The van der Waals surface area contributed by atoms with Crippen molar-refractivity contribution in [2.24, 2.45) is 5.10 Å². The molecule has 2 amide bonds. The topological polar surface area (TPSA) is 70.6 Å². The summed E-state index contributed by atoms with van der Waals surface area (Å²) in [5, 5.41) is 7.49. The predicted molar refractivity (Wildman–Crippen MR) is 106 cm³/mol. The molecule has 7 heteroatoms. The van der Waals surface area contributed by atoms with E-state index in [1.807, 2.05) is 32.0 Å². The average molecular weight is 392 g/mol. The van der Waals surface area contributed by atoms with Crippen LogP contribution in [0, 0.1) is 13.8 Å². The van der Waals surface area contributed by atoms with Crippen LogP contribution in [0.25, 0.3) is 0 Å². The van der Waals surface area contributed by atoms with E-state index in [9.17, 15) is 9.59 Å². The first-order chi connectivity index (χ1) is 12.4. The Labute approximate surface area is 162 Å². The highest BCUT2D eigenvalue weighted by Crippen LogP contribution is 2.22. The molecule has 26 heavy (non-hydrogen) atoms. The number of nitrogens with one attached hydrogen (secondary N) is 2. The first kappa shape index (κ1) is 19.9. The predicted octanol–water partition coefficient (Wildman–Crippen LogP) is 4.48. The lowest BCUT2D eigenvalue weighted by molar-refractivity contribution is -0.124. The van der Waals surface area contributed by atoms with E-state index in [2.05, 4.69) is 15.8 Å². The molecule has 2 N–H and O–H groups in total. The lowest BCUT2D eigenvalue weighted by atomic mass is 10.1. The van der Waals surface area contributed by atoms with E-state index in [0.717, 1.165) is 16.8 Å². The second-order valence-corrected chi connectivity index (χ2v) is 6.61. The molecule has 0 bridgehead atoms. The molecule has 0 aliphatic heterocycles. The number of benzene rings is 2. The van der Waals surface area contributed by atoms with Crippen LogP contribution in [0.5, 0.6) is 0 Å². The molecule has 0 heterocycles. The minimum absolute atomic E-state index is 0.0182. The average Bonchev–Trinajstić information content (AvgIpc) is 2.58. The van der Waals surface area contributed by atoms with Crippen molar-refractivity contribution >= 4 is 46.9 Å². The molecule has 136 valence electrons. The lowest BCUT2D eigenvalue weighted by Crippen LogP contribution is -2.21. The zero-order valence-electron chi connectivity index (χ0n) is 14.5. The highest BCUT2D eigenvalue weighted by Gasteiger charge is 2.08. The number of halogens is 2. The van der Waals surface area contributed by atoms with Gasteiger partial charge in [-0.1, -0.05) is 47.0 Å². The maximum absolute atomic E-state index is 12.0. The van der Waals surface area contributed by atoms with Crippen molar-refractivity contribution < 1.29 is 9.59 Å². The molecule has 0 unspecified atom stereocenters. The van der Waals surface area contributed by atoms with Crippen molar-refractivity contribution in [2.45, 2.75) is 26.7 Å². The number of hydrogen-bond donors (Lipinski definition) is 2. The van der Waals surface area contributed by atoms with Crippen LogP contribution in [0.3, 0.4) is 0 Å². The van der Waals surface area contributed by atoms with Crippen LogP contribution in [0.15, 0.2) is 41.5 Å². The van der Waals surface area contributed by atoms with Crippen molar-refractivity contribution in [3.05, 3.63) is 63.1 Å². The number of rotatable bonds is 6. The molecule has 0 aliphatic rings. The molecule has 5 nitrogen and oxygen atoms in total.